The molecule has 0 radical (unpaired) electrons. The molecule has 1 fully saturated rings. The van der Waals surface area contributed by atoms with Gasteiger partial charge < -0.3 is 26.1 Å². The minimum absolute atomic E-state index is 0.0834. The average molecular weight is 556 g/mol. The van der Waals surface area contributed by atoms with E-state index in [4.69, 9.17) is 22.0 Å². The monoisotopic (exact) mass is 554 g/mol. The van der Waals surface area contributed by atoms with Crippen LogP contribution in [-0.2, 0) is 16.1 Å². The highest BCUT2D eigenvalue weighted by Crippen LogP contribution is 2.36. The summed E-state index contributed by atoms with van der Waals surface area (Å²) >= 11 is 3.40. The third-order valence-electron chi connectivity index (χ3n) is 5.18. The van der Waals surface area contributed by atoms with Gasteiger partial charge >= 0.3 is 0 Å². The Morgan fingerprint density at radius 2 is 1.91 bits per heavy atom. The van der Waals surface area contributed by atoms with Crippen LogP contribution >= 0.6 is 15.9 Å². The number of benzene rings is 1. The van der Waals surface area contributed by atoms with E-state index in [1.165, 1.54) is 9.91 Å². The van der Waals surface area contributed by atoms with Gasteiger partial charge in [-0.1, -0.05) is 43.6 Å². The minimum atomic E-state index is -0.687. The van der Waals surface area contributed by atoms with E-state index < -0.39 is 11.9 Å². The van der Waals surface area contributed by atoms with Gasteiger partial charge in [0.15, 0.2) is 0 Å². The fraction of sp³-hybridized carbons (Fsp3) is 0.542. The lowest BCUT2D eigenvalue weighted by atomic mass is 10.0. The number of carbonyl (C=O) groups is 3. The van der Waals surface area contributed by atoms with Crippen LogP contribution in [-0.4, -0.2) is 53.4 Å². The van der Waals surface area contributed by atoms with Gasteiger partial charge in [0.2, 0.25) is 11.8 Å². The number of ether oxygens (including phenoxy) is 1. The zero-order valence-corrected chi connectivity index (χ0v) is 22.7. The molecule has 2 aliphatic heterocycles. The molecule has 0 aromatic heterocycles. The van der Waals surface area contributed by atoms with E-state index in [1.54, 1.807) is 18.3 Å². The molecule has 7 N–H and O–H groups in total. The SMILES string of the molecule is CC.CC.NCCCCN(N)/C=C(\N)COc1cc(Br)cc2c1CN(C1CCC(=O)NC1=O)C2=O. The molecule has 2 aliphatic rings. The first-order valence-corrected chi connectivity index (χ1v) is 12.9. The average Bonchev–Trinajstić information content (AvgIpc) is 3.16. The van der Waals surface area contributed by atoms with Gasteiger partial charge in [0.25, 0.3) is 5.91 Å². The first-order valence-electron chi connectivity index (χ1n) is 12.1. The van der Waals surface area contributed by atoms with E-state index in [1.807, 2.05) is 27.7 Å². The maximum Gasteiger partial charge on any atom is 0.255 e. The summed E-state index contributed by atoms with van der Waals surface area (Å²) in [7, 11) is 0. The summed E-state index contributed by atoms with van der Waals surface area (Å²) in [6.45, 7) is 9.53. The first kappa shape index (κ1) is 30.4. The van der Waals surface area contributed by atoms with Crippen molar-refractivity contribution >= 4 is 33.7 Å². The van der Waals surface area contributed by atoms with Crippen LogP contribution < -0.4 is 27.4 Å². The van der Waals surface area contributed by atoms with E-state index in [0.29, 0.717) is 46.6 Å². The Bertz CT molecular complexity index is 908. The zero-order chi connectivity index (χ0) is 26.5. The number of imide groups is 1. The van der Waals surface area contributed by atoms with Crippen molar-refractivity contribution in [2.75, 3.05) is 19.7 Å². The molecule has 1 saturated heterocycles. The predicted molar refractivity (Wildman–Crippen MR) is 140 cm³/mol. The summed E-state index contributed by atoms with van der Waals surface area (Å²) in [5.41, 5.74) is 13.1. The number of nitrogens with one attached hydrogen (secondary N) is 1. The van der Waals surface area contributed by atoms with Crippen molar-refractivity contribution in [1.82, 2.24) is 15.2 Å². The van der Waals surface area contributed by atoms with Crippen molar-refractivity contribution in [2.45, 2.75) is 66.0 Å². The predicted octanol–water partition coefficient (Wildman–Crippen LogP) is 2.36. The largest absolute Gasteiger partial charge is 0.487 e. The highest BCUT2D eigenvalue weighted by atomic mass is 79.9. The highest BCUT2D eigenvalue weighted by Gasteiger charge is 2.40. The molecule has 0 bridgehead atoms. The molecule has 10 nitrogen and oxygen atoms in total. The molecule has 35 heavy (non-hydrogen) atoms. The van der Waals surface area contributed by atoms with Gasteiger partial charge in [0, 0.05) is 34.8 Å². The molecule has 1 aromatic carbocycles. The minimum Gasteiger partial charge on any atom is -0.487 e. The van der Waals surface area contributed by atoms with E-state index in [-0.39, 0.29) is 31.4 Å². The number of hydrazine groups is 1. The van der Waals surface area contributed by atoms with Crippen LogP contribution in [0.5, 0.6) is 5.75 Å². The van der Waals surface area contributed by atoms with Crippen molar-refractivity contribution in [3.8, 4) is 5.75 Å². The second kappa shape index (κ2) is 15.4. The number of hydrogen-bond donors (Lipinski definition) is 4. The third-order valence-corrected chi connectivity index (χ3v) is 5.63. The standard InChI is InChI=1S/C20H27BrN6O4.2C2H6/c21-12-7-14-15(10-27(20(14)30)16-3-4-18(28)25-19(16)29)17(8-12)31-11-13(23)9-26(24)6-2-1-5-22;2*1-2/h7-9,16H,1-6,10-11,22-24H2,(H,25,28,29);2*1-2H3/b13-9-;;. The number of amides is 3. The van der Waals surface area contributed by atoms with Crippen LogP contribution in [0, 0.1) is 0 Å². The summed E-state index contributed by atoms with van der Waals surface area (Å²) in [5, 5.41) is 3.79. The van der Waals surface area contributed by atoms with Gasteiger partial charge in [0.1, 0.15) is 18.4 Å². The van der Waals surface area contributed by atoms with Gasteiger partial charge in [-0.05, 0) is 37.9 Å². The Balaban J connectivity index is 0.00000145. The van der Waals surface area contributed by atoms with Gasteiger partial charge in [-0.3, -0.25) is 19.7 Å². The molecule has 196 valence electrons. The van der Waals surface area contributed by atoms with E-state index >= 15 is 0 Å². The number of fused-ring (bicyclic) bond motifs is 1. The normalized spacial score (nSPS) is 17.0. The number of nitrogens with two attached hydrogens (primary N) is 3. The second-order valence-electron chi connectivity index (χ2n) is 7.56. The molecule has 0 spiro atoms. The summed E-state index contributed by atoms with van der Waals surface area (Å²) in [5.74, 6) is 5.35. The van der Waals surface area contributed by atoms with Crippen LogP contribution in [0.15, 0.2) is 28.5 Å². The molecule has 3 rings (SSSR count). The fourth-order valence-electron chi connectivity index (χ4n) is 3.64. The number of rotatable bonds is 9. The lowest BCUT2D eigenvalue weighted by molar-refractivity contribution is -0.136. The van der Waals surface area contributed by atoms with Crippen molar-refractivity contribution in [3.05, 3.63) is 39.6 Å². The van der Waals surface area contributed by atoms with E-state index in [2.05, 4.69) is 21.2 Å². The van der Waals surface area contributed by atoms with Crippen molar-refractivity contribution < 1.29 is 19.1 Å². The summed E-state index contributed by atoms with van der Waals surface area (Å²) < 4.78 is 6.56. The Morgan fingerprint density at radius 3 is 2.54 bits per heavy atom. The molecule has 11 heteroatoms. The van der Waals surface area contributed by atoms with E-state index in [9.17, 15) is 14.4 Å². The van der Waals surface area contributed by atoms with Crippen LogP contribution in [0.25, 0.3) is 0 Å². The van der Waals surface area contributed by atoms with Crippen LogP contribution in [0.1, 0.15) is 69.3 Å². The second-order valence-corrected chi connectivity index (χ2v) is 8.47. The van der Waals surface area contributed by atoms with Crippen LogP contribution in [0.2, 0.25) is 0 Å². The number of nitrogens with zero attached hydrogens (tertiary/aromatic N) is 2. The van der Waals surface area contributed by atoms with Crippen molar-refractivity contribution in [3.63, 3.8) is 0 Å². The molecule has 0 saturated carbocycles. The summed E-state index contributed by atoms with van der Waals surface area (Å²) in [4.78, 5) is 38.1. The third kappa shape index (κ3) is 8.52. The molecular formula is C24H39BrN6O4. The van der Waals surface area contributed by atoms with Gasteiger partial charge in [0.05, 0.1) is 12.2 Å². The zero-order valence-electron chi connectivity index (χ0n) is 21.1. The Labute approximate surface area is 216 Å². The Kier molecular flexibility index (Phi) is 13.4. The molecular weight excluding hydrogens is 516 g/mol. The lowest BCUT2D eigenvalue weighted by Gasteiger charge is -2.29. The number of unbranched alkanes of at least 4 members (excludes halogenated alkanes) is 1. The number of piperidine rings is 1. The van der Waals surface area contributed by atoms with Crippen molar-refractivity contribution in [2.24, 2.45) is 17.3 Å². The van der Waals surface area contributed by atoms with Gasteiger partial charge in [-0.25, -0.2) is 5.84 Å². The molecule has 1 aromatic rings. The molecule has 0 aliphatic carbocycles. The molecule has 3 amide bonds. The number of carbonyl (C=O) groups excluding carboxylic acids is 3. The smallest absolute Gasteiger partial charge is 0.255 e. The number of halogens is 1. The van der Waals surface area contributed by atoms with Crippen LogP contribution in [0.4, 0.5) is 0 Å². The van der Waals surface area contributed by atoms with Gasteiger partial charge in [-0.2, -0.15) is 0 Å². The molecule has 1 unspecified atom stereocenters. The maximum atomic E-state index is 13.0. The fourth-order valence-corrected chi connectivity index (χ4v) is 4.07. The summed E-state index contributed by atoms with van der Waals surface area (Å²) in [6.07, 6.45) is 3.84. The Hall–Kier alpha value is -2.63. The van der Waals surface area contributed by atoms with Crippen molar-refractivity contribution in [1.29, 1.82) is 0 Å². The maximum absolute atomic E-state index is 13.0. The lowest BCUT2D eigenvalue weighted by Crippen LogP contribution is -2.52. The topological polar surface area (TPSA) is 157 Å². The molecule has 2 heterocycles. The Morgan fingerprint density at radius 1 is 1.23 bits per heavy atom. The van der Waals surface area contributed by atoms with E-state index in [0.717, 1.165) is 12.8 Å². The van der Waals surface area contributed by atoms with Gasteiger partial charge in [-0.15, -0.1) is 0 Å². The molecule has 1 atom stereocenters. The van der Waals surface area contributed by atoms with Crippen LogP contribution in [0.3, 0.4) is 0 Å². The highest BCUT2D eigenvalue weighted by molar-refractivity contribution is 9.10. The first-order chi connectivity index (χ1) is 16.8. The quantitative estimate of drug-likeness (QED) is 0.157. The summed E-state index contributed by atoms with van der Waals surface area (Å²) in [6, 6.07) is 2.78. The number of hydrogen-bond acceptors (Lipinski definition) is 8.